The number of hydrogen-bond acceptors (Lipinski definition) is 4. The Morgan fingerprint density at radius 2 is 1.87 bits per heavy atom. The highest BCUT2D eigenvalue weighted by Crippen LogP contribution is 2.27. The van der Waals surface area contributed by atoms with Crippen LogP contribution in [-0.4, -0.2) is 7.11 Å². The van der Waals surface area contributed by atoms with Gasteiger partial charge in [-0.2, -0.15) is 0 Å². The minimum absolute atomic E-state index is 0.132. The van der Waals surface area contributed by atoms with E-state index < -0.39 is 0 Å². The molecule has 0 saturated carbocycles. The molecule has 4 nitrogen and oxygen atoms in total. The molecule has 1 heterocycles. The van der Waals surface area contributed by atoms with Crippen molar-refractivity contribution in [1.82, 2.24) is 0 Å². The predicted molar refractivity (Wildman–Crippen MR) is 89.9 cm³/mol. The number of ether oxygens (including phenoxy) is 2. The summed E-state index contributed by atoms with van der Waals surface area (Å²) >= 11 is 5.84. The highest BCUT2D eigenvalue weighted by molar-refractivity contribution is 6.30. The summed E-state index contributed by atoms with van der Waals surface area (Å²) in [5.41, 5.74) is 1.18. The minimum Gasteiger partial charge on any atom is -0.496 e. The van der Waals surface area contributed by atoms with E-state index in [0.717, 1.165) is 12.0 Å². The number of hydrogen-bond donors (Lipinski definition) is 0. The Kier molecular flexibility index (Phi) is 4.26. The molecule has 0 fully saturated rings. The number of benzene rings is 2. The molecule has 23 heavy (non-hydrogen) atoms. The van der Waals surface area contributed by atoms with E-state index in [0.29, 0.717) is 27.5 Å². The maximum Gasteiger partial charge on any atom is 0.235 e. The first kappa shape index (κ1) is 15.4. The number of methoxy groups -OCH3 is 1. The van der Waals surface area contributed by atoms with Crippen molar-refractivity contribution in [3.05, 3.63) is 63.5 Å². The first-order valence-electron chi connectivity index (χ1n) is 7.18. The molecule has 0 saturated heterocycles. The fourth-order valence-corrected chi connectivity index (χ4v) is 2.48. The summed E-state index contributed by atoms with van der Waals surface area (Å²) in [4.78, 5) is 12.6. The van der Waals surface area contributed by atoms with Gasteiger partial charge in [0.2, 0.25) is 11.2 Å². The van der Waals surface area contributed by atoms with Gasteiger partial charge in [-0.15, -0.1) is 0 Å². The molecule has 0 aliphatic heterocycles. The van der Waals surface area contributed by atoms with Crippen molar-refractivity contribution >= 4 is 22.6 Å². The van der Waals surface area contributed by atoms with E-state index in [1.807, 2.05) is 6.92 Å². The van der Waals surface area contributed by atoms with Crippen LogP contribution in [-0.2, 0) is 6.42 Å². The average Bonchev–Trinajstić information content (AvgIpc) is 2.58. The Balaban J connectivity index is 2.07. The summed E-state index contributed by atoms with van der Waals surface area (Å²) in [5, 5.41) is 1.07. The van der Waals surface area contributed by atoms with Crippen molar-refractivity contribution in [2.75, 3.05) is 7.11 Å². The highest BCUT2D eigenvalue weighted by atomic mass is 35.5. The van der Waals surface area contributed by atoms with Gasteiger partial charge in [-0.05, 0) is 42.3 Å². The Labute approximate surface area is 138 Å². The van der Waals surface area contributed by atoms with Crippen LogP contribution in [0.2, 0.25) is 5.02 Å². The van der Waals surface area contributed by atoms with Crippen molar-refractivity contribution in [2.45, 2.75) is 13.3 Å². The van der Waals surface area contributed by atoms with Crippen LogP contribution in [0.4, 0.5) is 0 Å². The van der Waals surface area contributed by atoms with Gasteiger partial charge in [-0.3, -0.25) is 4.79 Å². The molecule has 118 valence electrons. The Bertz CT molecular complexity index is 897. The largest absolute Gasteiger partial charge is 0.496 e. The molecule has 2 aromatic carbocycles. The van der Waals surface area contributed by atoms with Crippen LogP contribution in [0.25, 0.3) is 11.0 Å². The quantitative estimate of drug-likeness (QED) is 0.688. The maximum atomic E-state index is 12.6. The van der Waals surface area contributed by atoms with Gasteiger partial charge < -0.3 is 13.9 Å². The topological polar surface area (TPSA) is 48.7 Å². The lowest BCUT2D eigenvalue weighted by atomic mass is 10.1. The van der Waals surface area contributed by atoms with Gasteiger partial charge in [0.15, 0.2) is 0 Å². The first-order chi connectivity index (χ1) is 11.1. The second-order valence-electron chi connectivity index (χ2n) is 5.00. The lowest BCUT2D eigenvalue weighted by Gasteiger charge is -2.09. The van der Waals surface area contributed by atoms with Crippen LogP contribution in [0, 0.1) is 0 Å². The third-order valence-electron chi connectivity index (χ3n) is 3.57. The van der Waals surface area contributed by atoms with Crippen LogP contribution >= 0.6 is 11.6 Å². The van der Waals surface area contributed by atoms with Gasteiger partial charge in [0, 0.05) is 11.1 Å². The van der Waals surface area contributed by atoms with Crippen molar-refractivity contribution in [3.63, 3.8) is 0 Å². The third kappa shape index (κ3) is 3.03. The zero-order valence-corrected chi connectivity index (χ0v) is 13.5. The number of rotatable bonds is 4. The van der Waals surface area contributed by atoms with Crippen LogP contribution in [0.1, 0.15) is 12.5 Å². The number of fused-ring (bicyclic) bond motifs is 1. The smallest absolute Gasteiger partial charge is 0.235 e. The van der Waals surface area contributed by atoms with E-state index >= 15 is 0 Å². The fraction of sp³-hybridized carbons (Fsp3) is 0.167. The molecule has 0 N–H and O–H groups in total. The molecule has 0 spiro atoms. The summed E-state index contributed by atoms with van der Waals surface area (Å²) in [6.07, 6.45) is 2.06. The van der Waals surface area contributed by atoms with Crippen LogP contribution in [0.3, 0.4) is 0 Å². The van der Waals surface area contributed by atoms with E-state index in [1.54, 1.807) is 43.5 Å². The van der Waals surface area contributed by atoms with Gasteiger partial charge in [0.05, 0.1) is 12.5 Å². The summed E-state index contributed by atoms with van der Waals surface area (Å²) in [6.45, 7) is 2.00. The first-order valence-corrected chi connectivity index (χ1v) is 7.56. The van der Waals surface area contributed by atoms with Crippen LogP contribution < -0.4 is 14.9 Å². The number of aryl methyl sites for hydroxylation is 1. The minimum atomic E-state index is -0.224. The van der Waals surface area contributed by atoms with E-state index in [9.17, 15) is 4.79 Å². The van der Waals surface area contributed by atoms with Gasteiger partial charge >= 0.3 is 0 Å². The zero-order valence-electron chi connectivity index (χ0n) is 12.8. The highest BCUT2D eigenvalue weighted by Gasteiger charge is 2.13. The van der Waals surface area contributed by atoms with Gasteiger partial charge in [0.25, 0.3) is 0 Å². The van der Waals surface area contributed by atoms with Crippen molar-refractivity contribution in [2.24, 2.45) is 0 Å². The van der Waals surface area contributed by atoms with Gasteiger partial charge in [-0.1, -0.05) is 18.5 Å². The van der Waals surface area contributed by atoms with E-state index in [1.165, 1.54) is 6.26 Å². The van der Waals surface area contributed by atoms with Crippen LogP contribution in [0.5, 0.6) is 17.2 Å². The molecule has 0 aliphatic carbocycles. The molecule has 0 atom stereocenters. The lowest BCUT2D eigenvalue weighted by molar-refractivity contribution is 0.409. The third-order valence-corrected chi connectivity index (χ3v) is 3.82. The molecule has 0 amide bonds. The Hall–Kier alpha value is -2.46. The molecule has 1 aromatic heterocycles. The summed E-state index contributed by atoms with van der Waals surface area (Å²) in [7, 11) is 1.59. The normalized spacial score (nSPS) is 10.7. The fourth-order valence-electron chi connectivity index (χ4n) is 2.35. The van der Waals surface area contributed by atoms with Crippen molar-refractivity contribution in [3.8, 4) is 17.2 Å². The molecular formula is C18H15ClO4. The zero-order chi connectivity index (χ0) is 16.4. The predicted octanol–water partition coefficient (Wildman–Crippen LogP) is 4.81. The summed E-state index contributed by atoms with van der Waals surface area (Å²) in [5.74, 6) is 1.35. The molecule has 0 unspecified atom stereocenters. The summed E-state index contributed by atoms with van der Waals surface area (Å²) < 4.78 is 16.5. The van der Waals surface area contributed by atoms with Crippen molar-refractivity contribution in [1.29, 1.82) is 0 Å². The Morgan fingerprint density at radius 1 is 1.13 bits per heavy atom. The SMILES string of the molecule is CCc1cc2c(=O)c(Oc3ccc(Cl)cc3)coc2cc1OC. The molecule has 0 radical (unpaired) electrons. The van der Waals surface area contributed by atoms with E-state index in [-0.39, 0.29) is 11.2 Å². The van der Waals surface area contributed by atoms with E-state index in [2.05, 4.69) is 0 Å². The molecular weight excluding hydrogens is 316 g/mol. The van der Waals surface area contributed by atoms with Gasteiger partial charge in [-0.25, -0.2) is 0 Å². The van der Waals surface area contributed by atoms with Crippen molar-refractivity contribution < 1.29 is 13.9 Å². The van der Waals surface area contributed by atoms with Crippen LogP contribution in [0.15, 0.2) is 51.9 Å². The molecule has 3 rings (SSSR count). The Morgan fingerprint density at radius 3 is 2.52 bits per heavy atom. The second-order valence-corrected chi connectivity index (χ2v) is 5.44. The maximum absolute atomic E-state index is 12.6. The second kappa shape index (κ2) is 6.34. The van der Waals surface area contributed by atoms with Gasteiger partial charge in [0.1, 0.15) is 23.3 Å². The standard InChI is InChI=1S/C18H15ClO4/c1-3-11-8-14-16(9-15(11)21-2)22-10-17(18(14)20)23-13-6-4-12(19)5-7-13/h4-10H,3H2,1-2H3. The van der Waals surface area contributed by atoms with E-state index in [4.69, 9.17) is 25.5 Å². The molecule has 0 bridgehead atoms. The lowest BCUT2D eigenvalue weighted by Crippen LogP contribution is -2.06. The average molecular weight is 331 g/mol. The molecule has 5 heteroatoms. The molecule has 3 aromatic rings. The number of halogens is 1. The monoisotopic (exact) mass is 330 g/mol. The summed E-state index contributed by atoms with van der Waals surface area (Å²) in [6, 6.07) is 10.3. The molecule has 0 aliphatic rings.